The molecule has 3 aromatic rings. The van der Waals surface area contributed by atoms with Crippen LogP contribution in [0.25, 0.3) is 11.5 Å². The normalized spacial score (nSPS) is 20.8. The summed E-state index contributed by atoms with van der Waals surface area (Å²) in [5, 5.41) is 11.8. The van der Waals surface area contributed by atoms with Gasteiger partial charge in [0.05, 0.1) is 17.4 Å². The summed E-state index contributed by atoms with van der Waals surface area (Å²) in [4.78, 5) is 18.8. The number of amides is 1. The van der Waals surface area contributed by atoms with E-state index in [0.29, 0.717) is 0 Å². The second-order valence-corrected chi connectivity index (χ2v) is 9.14. The van der Waals surface area contributed by atoms with Crippen molar-refractivity contribution in [2.45, 2.75) is 31.0 Å². The van der Waals surface area contributed by atoms with Crippen molar-refractivity contribution in [3.05, 3.63) is 69.5 Å². The number of alkyl halides is 3. The number of anilines is 1. The molecule has 0 spiro atoms. The number of nitrogens with zero attached hydrogens (tertiary/aromatic N) is 2. The number of carbonyl (C=O) groups excluding carboxylic acids is 1. The van der Waals surface area contributed by atoms with Crippen LogP contribution >= 0.6 is 23.2 Å². The van der Waals surface area contributed by atoms with Crippen LogP contribution in [-0.2, 0) is 16.6 Å². The number of hydrogen-bond acceptors (Lipinski definition) is 4. The molecule has 0 bridgehead atoms. The zero-order chi connectivity index (χ0) is 23.5. The molecule has 10 heteroatoms. The van der Waals surface area contributed by atoms with E-state index in [1.165, 1.54) is 41.6 Å². The maximum Gasteiger partial charge on any atom is 0.416 e. The van der Waals surface area contributed by atoms with Crippen LogP contribution in [0.1, 0.15) is 36.0 Å². The van der Waals surface area contributed by atoms with Gasteiger partial charge in [0.2, 0.25) is 5.89 Å². The van der Waals surface area contributed by atoms with E-state index in [4.69, 9.17) is 27.6 Å². The van der Waals surface area contributed by atoms with Crippen LogP contribution in [-0.4, -0.2) is 22.5 Å². The molecule has 2 heterocycles. The number of aromatic nitrogens is 1. The Morgan fingerprint density at radius 3 is 2.55 bits per heavy atom. The molecule has 1 saturated carbocycles. The van der Waals surface area contributed by atoms with Gasteiger partial charge in [0.25, 0.3) is 5.91 Å². The van der Waals surface area contributed by atoms with Crippen molar-refractivity contribution in [2.24, 2.45) is 5.92 Å². The fraction of sp³-hybridized carbons (Fsp3) is 0.304. The van der Waals surface area contributed by atoms with Gasteiger partial charge in [0.15, 0.2) is 5.60 Å². The van der Waals surface area contributed by atoms with Crippen LogP contribution in [0, 0.1) is 5.92 Å². The summed E-state index contributed by atoms with van der Waals surface area (Å²) in [5.74, 6) is -0.785. The molecular formula is C23H17Cl2F3N2O3. The number of carbonyl (C=O) groups is 1. The molecule has 5 nitrogen and oxygen atoms in total. The first-order valence-corrected chi connectivity index (χ1v) is 11.0. The second kappa shape index (κ2) is 7.75. The Labute approximate surface area is 196 Å². The third-order valence-corrected chi connectivity index (χ3v) is 6.84. The maximum absolute atomic E-state index is 14.3. The molecule has 1 aliphatic carbocycles. The highest BCUT2D eigenvalue weighted by Gasteiger charge is 2.57. The summed E-state index contributed by atoms with van der Waals surface area (Å²) < 4.78 is 48.2. The van der Waals surface area contributed by atoms with Crippen molar-refractivity contribution < 1.29 is 27.5 Å². The Balaban J connectivity index is 1.80. The molecule has 1 aliphatic heterocycles. The molecule has 1 amide bonds. The predicted octanol–water partition coefficient (Wildman–Crippen LogP) is 6.05. The summed E-state index contributed by atoms with van der Waals surface area (Å²) >= 11 is 12.2. The van der Waals surface area contributed by atoms with E-state index in [0.717, 1.165) is 25.3 Å². The molecule has 5 rings (SSSR count). The first-order chi connectivity index (χ1) is 15.6. The fourth-order valence-corrected chi connectivity index (χ4v) is 5.04. The Kier molecular flexibility index (Phi) is 5.23. The molecule has 172 valence electrons. The smallest absolute Gasteiger partial charge is 0.416 e. The van der Waals surface area contributed by atoms with Crippen molar-refractivity contribution in [3.63, 3.8) is 0 Å². The zero-order valence-corrected chi connectivity index (χ0v) is 18.5. The fourth-order valence-electron chi connectivity index (χ4n) is 4.49. The van der Waals surface area contributed by atoms with Gasteiger partial charge in [-0.25, -0.2) is 4.98 Å². The van der Waals surface area contributed by atoms with Gasteiger partial charge in [0, 0.05) is 33.3 Å². The van der Waals surface area contributed by atoms with Crippen LogP contribution in [0.2, 0.25) is 10.0 Å². The summed E-state index contributed by atoms with van der Waals surface area (Å²) in [6.07, 6.45) is 0.368. The van der Waals surface area contributed by atoms with E-state index in [-0.39, 0.29) is 45.2 Å². The highest BCUT2D eigenvalue weighted by atomic mass is 35.5. The van der Waals surface area contributed by atoms with Crippen molar-refractivity contribution in [1.82, 2.24) is 4.98 Å². The highest BCUT2D eigenvalue weighted by molar-refractivity contribution is 6.35. The number of fused-ring (bicyclic) bond motifs is 1. The summed E-state index contributed by atoms with van der Waals surface area (Å²) in [6.45, 7) is 0.186. The monoisotopic (exact) mass is 496 g/mol. The van der Waals surface area contributed by atoms with Crippen LogP contribution in [0.3, 0.4) is 0 Å². The summed E-state index contributed by atoms with van der Waals surface area (Å²) in [7, 11) is 0. The minimum absolute atomic E-state index is 0.0284. The Morgan fingerprint density at radius 1 is 1.21 bits per heavy atom. The van der Waals surface area contributed by atoms with Crippen LogP contribution < -0.4 is 4.90 Å². The number of rotatable bonds is 4. The Morgan fingerprint density at radius 2 is 1.97 bits per heavy atom. The number of halogens is 5. The third kappa shape index (κ3) is 3.52. The average molecular weight is 497 g/mol. The lowest BCUT2D eigenvalue weighted by Crippen LogP contribution is -2.44. The van der Waals surface area contributed by atoms with E-state index >= 15 is 0 Å². The molecule has 33 heavy (non-hydrogen) atoms. The lowest BCUT2D eigenvalue weighted by Gasteiger charge is -2.31. The van der Waals surface area contributed by atoms with Crippen molar-refractivity contribution in [3.8, 4) is 11.5 Å². The van der Waals surface area contributed by atoms with Gasteiger partial charge in [-0.2, -0.15) is 13.2 Å². The van der Waals surface area contributed by atoms with E-state index in [1.807, 2.05) is 0 Å². The van der Waals surface area contributed by atoms with Gasteiger partial charge in [-0.05, 0) is 43.0 Å². The van der Waals surface area contributed by atoms with Crippen LogP contribution in [0.4, 0.5) is 18.9 Å². The molecule has 2 aliphatic rings. The topological polar surface area (TPSA) is 66.6 Å². The first-order valence-electron chi connectivity index (χ1n) is 10.3. The Hall–Kier alpha value is -2.55. The lowest BCUT2D eigenvalue weighted by atomic mass is 9.83. The lowest BCUT2D eigenvalue weighted by molar-refractivity contribution is -0.142. The Bertz CT molecular complexity index is 1240. The van der Waals surface area contributed by atoms with E-state index < -0.39 is 28.8 Å². The SMILES string of the molecule is O=C1N(CC2CCC2)c2cc(-c3ncco3)cc(C(F)(F)F)c2C1(O)c1ccc(Cl)cc1Cl. The molecule has 1 N–H and O–H groups in total. The van der Waals surface area contributed by atoms with Crippen LogP contribution in [0.5, 0.6) is 0 Å². The second-order valence-electron chi connectivity index (χ2n) is 8.30. The summed E-state index contributed by atoms with van der Waals surface area (Å²) in [5.41, 5.74) is -4.51. The molecule has 2 aromatic carbocycles. The quantitative estimate of drug-likeness (QED) is 0.477. The van der Waals surface area contributed by atoms with Gasteiger partial charge in [-0.3, -0.25) is 4.79 Å². The molecule has 1 unspecified atom stereocenters. The third-order valence-electron chi connectivity index (χ3n) is 6.30. The van der Waals surface area contributed by atoms with E-state index in [9.17, 15) is 23.1 Å². The van der Waals surface area contributed by atoms with Crippen molar-refractivity contribution in [2.75, 3.05) is 11.4 Å². The largest absolute Gasteiger partial charge is 0.445 e. The molecule has 1 fully saturated rings. The number of benzene rings is 2. The van der Waals surface area contributed by atoms with Gasteiger partial charge in [-0.15, -0.1) is 0 Å². The molecule has 1 aromatic heterocycles. The van der Waals surface area contributed by atoms with Gasteiger partial charge in [-0.1, -0.05) is 35.7 Å². The average Bonchev–Trinajstić information content (AvgIpc) is 3.31. The van der Waals surface area contributed by atoms with Crippen LogP contribution in [0.15, 0.2) is 47.2 Å². The number of oxazole rings is 1. The van der Waals surface area contributed by atoms with Gasteiger partial charge in [0.1, 0.15) is 6.26 Å². The number of hydrogen-bond donors (Lipinski definition) is 1. The zero-order valence-electron chi connectivity index (χ0n) is 17.0. The predicted molar refractivity (Wildman–Crippen MR) is 116 cm³/mol. The highest BCUT2D eigenvalue weighted by Crippen LogP contribution is 2.53. The van der Waals surface area contributed by atoms with Crippen molar-refractivity contribution in [1.29, 1.82) is 0 Å². The van der Waals surface area contributed by atoms with E-state index in [2.05, 4.69) is 4.98 Å². The minimum Gasteiger partial charge on any atom is -0.445 e. The standard InChI is InChI=1S/C23H17Cl2F3N2O3/c24-14-4-5-15(17(25)10-14)22(32)19-16(23(26,27)28)8-13(20-29-6-7-33-20)9-18(19)30(21(22)31)11-12-2-1-3-12/h4-10,12,32H,1-3,11H2. The molecule has 1 atom stereocenters. The van der Waals surface area contributed by atoms with Gasteiger partial charge >= 0.3 is 6.18 Å². The van der Waals surface area contributed by atoms with E-state index in [1.54, 1.807) is 0 Å². The first kappa shape index (κ1) is 22.3. The summed E-state index contributed by atoms with van der Waals surface area (Å²) in [6, 6.07) is 6.17. The van der Waals surface area contributed by atoms with Crippen molar-refractivity contribution >= 4 is 34.8 Å². The molecule has 0 radical (unpaired) electrons. The van der Waals surface area contributed by atoms with Gasteiger partial charge < -0.3 is 14.4 Å². The number of aliphatic hydroxyl groups is 1. The molecular weight excluding hydrogens is 480 g/mol. The minimum atomic E-state index is -4.88. The molecule has 0 saturated heterocycles. The maximum atomic E-state index is 14.3.